The van der Waals surface area contributed by atoms with Crippen LogP contribution < -0.4 is 19.9 Å². The molecule has 1 amide bonds. The number of benzene rings is 4. The lowest BCUT2D eigenvalue weighted by atomic mass is 9.81. The van der Waals surface area contributed by atoms with Gasteiger partial charge in [0.15, 0.2) is 0 Å². The average molecular weight is 923 g/mol. The van der Waals surface area contributed by atoms with Gasteiger partial charge in [-0.15, -0.1) is 0 Å². The topological polar surface area (TPSA) is 127 Å². The van der Waals surface area contributed by atoms with Crippen LogP contribution in [0.15, 0.2) is 135 Å². The summed E-state index contributed by atoms with van der Waals surface area (Å²) in [5.41, 5.74) is 7.90. The van der Waals surface area contributed by atoms with Crippen molar-refractivity contribution >= 4 is 23.5 Å². The number of fused-ring (bicyclic) bond motifs is 6. The Morgan fingerprint density at radius 3 is 1.71 bits per heavy atom. The van der Waals surface area contributed by atoms with Crippen LogP contribution >= 0.6 is 0 Å². The summed E-state index contributed by atoms with van der Waals surface area (Å²) < 4.78 is 8.52. The average Bonchev–Trinajstić information content (AvgIpc) is 4.21. The Labute approximate surface area is 402 Å². The number of carbonyl (C=O) groups excluding carboxylic acids is 2. The summed E-state index contributed by atoms with van der Waals surface area (Å²) in [6.45, 7) is 11.1. The van der Waals surface area contributed by atoms with Gasteiger partial charge in [0, 0.05) is 93.3 Å². The molecule has 0 saturated carbocycles. The fourth-order valence-corrected chi connectivity index (χ4v) is 10.6. The molecule has 4 aliphatic heterocycles. The van der Waals surface area contributed by atoms with Crippen molar-refractivity contribution in [3.8, 4) is 11.5 Å². The zero-order valence-corrected chi connectivity index (χ0v) is 41.5. The van der Waals surface area contributed by atoms with Gasteiger partial charge in [-0.2, -0.15) is 0 Å². The van der Waals surface area contributed by atoms with Crippen LogP contribution in [0.4, 0.5) is 21.0 Å². The first-order valence-electron chi connectivity index (χ1n) is 23.6. The molecule has 360 valence electrons. The minimum Gasteiger partial charge on any atom is -0.508 e. The third-order valence-electron chi connectivity index (χ3n) is 14.5. The molecule has 0 spiro atoms. The van der Waals surface area contributed by atoms with Crippen molar-refractivity contribution in [2.24, 2.45) is 0 Å². The number of amides is 1. The summed E-state index contributed by atoms with van der Waals surface area (Å²) >= 11 is 0. The number of aromatic nitrogens is 4. The van der Waals surface area contributed by atoms with Crippen LogP contribution in [-0.4, -0.2) is 131 Å². The molecule has 6 atom stereocenters. The number of likely N-dealkylation sites (tertiary alicyclic amines) is 2. The number of carbonyl (C=O) groups is 2. The second-order valence-corrected chi connectivity index (χ2v) is 19.3. The highest BCUT2D eigenvalue weighted by Crippen LogP contribution is 2.53. The Bertz CT molecular complexity index is 2540. The standard InChI is InChI=1S/C24H31N3O2.C13H18N2O.C10H15N.C7H6N4O/c1-17(15-18-9-7-6-8-10-18)26(4)23(28)29-19-11-12-21-20(16-19)24(2)13-14-25(3)22(24)27(21)5;1-13-6-7-14(2)12(13)15(3)11-5-4-9(16)8-10(11)13;1-9(11-2)8-10-6-4-3-5-7-10;12-7(10-3-1-8-5-10)11-4-2-9-6-11/h6-12,16-17,22H,13-15H2,1-5H3;4-5,8,12,16H,6-7H2,1-3H3;3-7,9,11H,8H2,1-2H3;1-6H/t17-,22-,24+;12-,13+;9-;/m111./s1. The fraction of sp³-hybridized carbons (Fsp3) is 0.407. The van der Waals surface area contributed by atoms with Gasteiger partial charge in [0.05, 0.1) is 12.3 Å². The number of hydrogen-bond acceptors (Lipinski definition) is 11. The van der Waals surface area contributed by atoms with E-state index in [1.165, 1.54) is 55.4 Å². The minimum absolute atomic E-state index is 0.0517. The number of nitrogens with one attached hydrogen (secondary N) is 1. The second kappa shape index (κ2) is 21.2. The maximum Gasteiger partial charge on any atom is 0.415 e. The van der Waals surface area contributed by atoms with Gasteiger partial charge in [-0.25, -0.2) is 19.6 Å². The van der Waals surface area contributed by atoms with Crippen molar-refractivity contribution in [1.82, 2.24) is 39.1 Å². The quantitative estimate of drug-likeness (QED) is 0.161. The van der Waals surface area contributed by atoms with Crippen LogP contribution in [0.3, 0.4) is 0 Å². The van der Waals surface area contributed by atoms with Gasteiger partial charge in [0.1, 0.15) is 24.2 Å². The van der Waals surface area contributed by atoms with E-state index in [1.807, 2.05) is 56.4 Å². The van der Waals surface area contributed by atoms with E-state index in [2.05, 4.69) is 132 Å². The highest BCUT2D eigenvalue weighted by molar-refractivity contribution is 5.78. The molecule has 0 bridgehead atoms. The lowest BCUT2D eigenvalue weighted by Crippen LogP contribution is -2.45. The fourth-order valence-electron chi connectivity index (χ4n) is 10.6. The number of imidazole rings is 2. The summed E-state index contributed by atoms with van der Waals surface area (Å²) in [5.74, 6) is 1.00. The summed E-state index contributed by atoms with van der Waals surface area (Å²) in [7, 11) is 12.5. The number of ether oxygens (including phenoxy) is 1. The monoisotopic (exact) mass is 923 g/mol. The third-order valence-corrected chi connectivity index (χ3v) is 14.5. The third kappa shape index (κ3) is 10.5. The highest BCUT2D eigenvalue weighted by atomic mass is 16.6. The molecule has 14 heteroatoms. The zero-order valence-electron chi connectivity index (χ0n) is 41.5. The normalized spacial score (nSPS) is 21.9. The molecule has 0 radical (unpaired) electrons. The number of likely N-dealkylation sites (N-methyl/N-ethyl adjacent to an activating group) is 6. The molecular weight excluding hydrogens is 853 g/mol. The molecule has 0 unspecified atom stereocenters. The van der Waals surface area contributed by atoms with Gasteiger partial charge in [-0.05, 0) is 119 Å². The Morgan fingerprint density at radius 2 is 1.22 bits per heavy atom. The maximum atomic E-state index is 12.8. The van der Waals surface area contributed by atoms with Crippen LogP contribution in [0.25, 0.3) is 0 Å². The number of hydrogen-bond donors (Lipinski definition) is 2. The minimum atomic E-state index is -0.315. The van der Waals surface area contributed by atoms with E-state index >= 15 is 0 Å². The molecule has 4 aromatic carbocycles. The van der Waals surface area contributed by atoms with Gasteiger partial charge in [-0.3, -0.25) is 18.9 Å². The van der Waals surface area contributed by atoms with E-state index in [4.69, 9.17) is 4.74 Å². The van der Waals surface area contributed by atoms with Crippen molar-refractivity contribution in [1.29, 1.82) is 0 Å². The second-order valence-electron chi connectivity index (χ2n) is 19.3. The van der Waals surface area contributed by atoms with E-state index in [0.717, 1.165) is 38.8 Å². The summed E-state index contributed by atoms with van der Waals surface area (Å²) in [4.78, 5) is 42.9. The van der Waals surface area contributed by atoms with Crippen molar-refractivity contribution in [2.75, 3.05) is 65.2 Å². The highest BCUT2D eigenvalue weighted by Gasteiger charge is 2.53. The van der Waals surface area contributed by atoms with Crippen LogP contribution in [-0.2, 0) is 23.7 Å². The number of phenols is 1. The molecule has 10 rings (SSSR count). The first-order valence-corrected chi connectivity index (χ1v) is 23.6. The lowest BCUT2D eigenvalue weighted by molar-refractivity contribution is 0.148. The summed E-state index contributed by atoms with van der Waals surface area (Å²) in [6.07, 6.45) is 13.8. The molecule has 68 heavy (non-hydrogen) atoms. The SMILES string of the molecule is CN1CC[C@@]2(C)c3cc(O)ccc3N(C)[C@@H]12.CN[C@H](C)Cc1ccccc1.C[C@H](Cc1ccccc1)N(C)C(=O)Oc1ccc2c(c1)[C@]1(C)CCN(C)[C@@H]1N2C.O=C(n1ccnc1)n1ccnc1. The number of phenolic OH excluding ortho intramolecular Hbond substituents is 1. The number of anilines is 2. The number of nitrogens with zero attached hydrogens (tertiary/aromatic N) is 9. The van der Waals surface area contributed by atoms with Crippen LogP contribution in [0.1, 0.15) is 62.8 Å². The summed E-state index contributed by atoms with van der Waals surface area (Å²) in [6, 6.07) is 33.0. The van der Waals surface area contributed by atoms with E-state index in [9.17, 15) is 14.7 Å². The molecular formula is C54H70N10O4. The molecule has 2 N–H and O–H groups in total. The van der Waals surface area contributed by atoms with E-state index < -0.39 is 0 Å². The van der Waals surface area contributed by atoms with Crippen LogP contribution in [0, 0.1) is 0 Å². The molecule has 2 fully saturated rings. The van der Waals surface area contributed by atoms with Crippen LogP contribution in [0.2, 0.25) is 0 Å². The van der Waals surface area contributed by atoms with Gasteiger partial charge < -0.3 is 29.9 Å². The lowest BCUT2D eigenvalue weighted by Gasteiger charge is -2.32. The van der Waals surface area contributed by atoms with Crippen molar-refractivity contribution in [3.05, 3.63) is 157 Å². The number of rotatable bonds is 7. The number of aromatic hydroxyl groups is 1. The Morgan fingerprint density at radius 1 is 0.735 bits per heavy atom. The Hall–Kier alpha value is -6.48. The molecule has 6 aromatic rings. The van der Waals surface area contributed by atoms with Crippen molar-refractivity contribution < 1.29 is 19.4 Å². The zero-order chi connectivity index (χ0) is 48.8. The van der Waals surface area contributed by atoms with Gasteiger partial charge in [0.2, 0.25) is 0 Å². The van der Waals surface area contributed by atoms with Gasteiger partial charge in [-0.1, -0.05) is 74.5 Å². The summed E-state index contributed by atoms with van der Waals surface area (Å²) in [5, 5.41) is 12.9. The predicted octanol–water partition coefficient (Wildman–Crippen LogP) is 8.31. The largest absolute Gasteiger partial charge is 0.508 e. The van der Waals surface area contributed by atoms with Crippen molar-refractivity contribution in [3.63, 3.8) is 0 Å². The van der Waals surface area contributed by atoms with E-state index in [1.54, 1.807) is 42.8 Å². The molecule has 0 aliphatic carbocycles. The van der Waals surface area contributed by atoms with Crippen LogP contribution in [0.5, 0.6) is 11.5 Å². The van der Waals surface area contributed by atoms with E-state index in [0.29, 0.717) is 29.9 Å². The molecule has 14 nitrogen and oxygen atoms in total. The smallest absolute Gasteiger partial charge is 0.415 e. The Kier molecular flexibility index (Phi) is 15.4. The van der Waals surface area contributed by atoms with E-state index in [-0.39, 0.29) is 29.0 Å². The van der Waals surface area contributed by atoms with Gasteiger partial charge >= 0.3 is 12.1 Å². The molecule has 6 heterocycles. The first-order chi connectivity index (χ1) is 32.5. The van der Waals surface area contributed by atoms with Gasteiger partial charge in [0.25, 0.3) is 0 Å². The predicted molar refractivity (Wildman–Crippen MR) is 271 cm³/mol. The first kappa shape index (κ1) is 49.4. The maximum absolute atomic E-state index is 12.8. The molecule has 4 aliphatic rings. The Balaban J connectivity index is 0.000000147. The molecule has 2 saturated heterocycles. The molecule has 2 aromatic heterocycles. The van der Waals surface area contributed by atoms with Crippen molar-refractivity contribution in [2.45, 2.75) is 88.6 Å².